The van der Waals surface area contributed by atoms with Gasteiger partial charge in [0.15, 0.2) is 0 Å². The van der Waals surface area contributed by atoms with Crippen molar-refractivity contribution in [3.05, 3.63) is 29.8 Å². The Kier molecular flexibility index (Phi) is 7.24. The third kappa shape index (κ3) is 8.67. The van der Waals surface area contributed by atoms with Gasteiger partial charge in [-0.1, -0.05) is 38.5 Å². The molecule has 1 aromatic carbocycles. The van der Waals surface area contributed by atoms with Crippen molar-refractivity contribution in [2.75, 3.05) is 6.61 Å². The largest absolute Gasteiger partial charge is 0.444 e. The van der Waals surface area contributed by atoms with Gasteiger partial charge in [0.25, 0.3) is 10.1 Å². The van der Waals surface area contributed by atoms with E-state index in [0.717, 1.165) is 5.56 Å². The number of rotatable bonds is 6. The number of amides is 1. The van der Waals surface area contributed by atoms with E-state index >= 15 is 0 Å². The van der Waals surface area contributed by atoms with Gasteiger partial charge in [-0.05, 0) is 51.7 Å². The maximum atomic E-state index is 12.4. The molecule has 1 atom stereocenters. The molecule has 0 heterocycles. The molecule has 0 radical (unpaired) electrons. The molecule has 1 amide bonds. The van der Waals surface area contributed by atoms with Gasteiger partial charge in [0.1, 0.15) is 5.60 Å². The predicted octanol–water partition coefficient (Wildman–Crippen LogP) is 4.03. The fraction of sp³-hybridized carbons (Fsp3) is 0.632. The van der Waals surface area contributed by atoms with Crippen LogP contribution in [0, 0.1) is 12.3 Å². The number of hydrogen-bond acceptors (Lipinski definition) is 5. The molecule has 0 aliphatic carbocycles. The van der Waals surface area contributed by atoms with Gasteiger partial charge in [0.2, 0.25) is 0 Å². The summed E-state index contributed by atoms with van der Waals surface area (Å²) in [5.41, 5.74) is 0.197. The molecule has 0 aromatic heterocycles. The van der Waals surface area contributed by atoms with Crippen molar-refractivity contribution in [2.45, 2.75) is 71.4 Å². The Labute approximate surface area is 157 Å². The monoisotopic (exact) mass is 385 g/mol. The highest BCUT2D eigenvalue weighted by molar-refractivity contribution is 7.86. The Morgan fingerprint density at radius 3 is 2.08 bits per heavy atom. The summed E-state index contributed by atoms with van der Waals surface area (Å²) in [7, 11) is -3.89. The van der Waals surface area contributed by atoms with Gasteiger partial charge in [0, 0.05) is 0 Å². The highest BCUT2D eigenvalue weighted by atomic mass is 32.2. The van der Waals surface area contributed by atoms with Crippen LogP contribution in [0.1, 0.15) is 53.5 Å². The Bertz CT molecular complexity index is 697. The lowest BCUT2D eigenvalue weighted by Crippen LogP contribution is -2.43. The number of aryl methyl sites for hydroxylation is 1. The molecule has 1 unspecified atom stereocenters. The van der Waals surface area contributed by atoms with E-state index in [1.54, 1.807) is 32.9 Å². The number of carbonyl (C=O) groups excluding carboxylic acids is 1. The highest BCUT2D eigenvalue weighted by Crippen LogP contribution is 2.22. The Morgan fingerprint density at radius 2 is 1.62 bits per heavy atom. The van der Waals surface area contributed by atoms with Crippen molar-refractivity contribution in [1.82, 2.24) is 5.32 Å². The normalized spacial score (nSPS) is 14.0. The van der Waals surface area contributed by atoms with Crippen LogP contribution in [0.25, 0.3) is 0 Å². The molecule has 0 fully saturated rings. The number of carbonyl (C=O) groups is 1. The third-order valence-corrected chi connectivity index (χ3v) is 4.61. The molecule has 148 valence electrons. The van der Waals surface area contributed by atoms with E-state index in [1.165, 1.54) is 12.1 Å². The molecule has 0 spiro atoms. The first-order valence-corrected chi connectivity index (χ1v) is 10.0. The second-order valence-electron chi connectivity index (χ2n) is 8.66. The Morgan fingerprint density at radius 1 is 1.08 bits per heavy atom. The van der Waals surface area contributed by atoms with Crippen molar-refractivity contribution >= 4 is 16.2 Å². The van der Waals surface area contributed by atoms with Crippen molar-refractivity contribution in [1.29, 1.82) is 0 Å². The van der Waals surface area contributed by atoms with Gasteiger partial charge in [-0.15, -0.1) is 0 Å². The smallest absolute Gasteiger partial charge is 0.407 e. The minimum Gasteiger partial charge on any atom is -0.444 e. The zero-order valence-corrected chi connectivity index (χ0v) is 17.6. The highest BCUT2D eigenvalue weighted by Gasteiger charge is 2.26. The standard InChI is InChI=1S/C19H31NO5S/c1-14-8-10-16(11-9-14)26(22,23)24-13-15(12-18(2,3)4)20-17(21)25-19(5,6)7/h8-11,15H,12-13H2,1-7H3,(H,20,21). The molecule has 6 nitrogen and oxygen atoms in total. The lowest BCUT2D eigenvalue weighted by Gasteiger charge is -2.28. The van der Waals surface area contributed by atoms with E-state index in [1.807, 2.05) is 27.7 Å². The first kappa shape index (κ1) is 22.4. The quantitative estimate of drug-likeness (QED) is 0.748. The van der Waals surface area contributed by atoms with Crippen LogP contribution in [0.15, 0.2) is 29.2 Å². The molecule has 1 aromatic rings. The minimum absolute atomic E-state index is 0.0925. The zero-order chi connectivity index (χ0) is 20.2. The van der Waals surface area contributed by atoms with Gasteiger partial charge in [-0.25, -0.2) is 4.79 Å². The van der Waals surface area contributed by atoms with Gasteiger partial charge in [0.05, 0.1) is 17.5 Å². The molecule has 0 bridgehead atoms. The van der Waals surface area contributed by atoms with Crippen LogP contribution in [0.3, 0.4) is 0 Å². The fourth-order valence-corrected chi connectivity index (χ4v) is 3.26. The summed E-state index contributed by atoms with van der Waals surface area (Å²) in [5, 5.41) is 2.71. The van der Waals surface area contributed by atoms with Gasteiger partial charge in [-0.3, -0.25) is 4.18 Å². The van der Waals surface area contributed by atoms with E-state index in [4.69, 9.17) is 8.92 Å². The zero-order valence-electron chi connectivity index (χ0n) is 16.8. The molecular formula is C19H31NO5S. The third-order valence-electron chi connectivity index (χ3n) is 3.31. The molecular weight excluding hydrogens is 354 g/mol. The van der Waals surface area contributed by atoms with Gasteiger partial charge in [-0.2, -0.15) is 8.42 Å². The van der Waals surface area contributed by atoms with Crippen LogP contribution >= 0.6 is 0 Å². The Balaban J connectivity index is 2.82. The molecule has 26 heavy (non-hydrogen) atoms. The minimum atomic E-state index is -3.89. The van der Waals surface area contributed by atoms with Crippen LogP contribution in [-0.4, -0.2) is 32.8 Å². The van der Waals surface area contributed by atoms with E-state index in [0.29, 0.717) is 6.42 Å². The summed E-state index contributed by atoms with van der Waals surface area (Å²) in [6.07, 6.45) is -0.0570. The van der Waals surface area contributed by atoms with Gasteiger partial charge < -0.3 is 10.1 Å². The summed E-state index contributed by atoms with van der Waals surface area (Å²) in [6.45, 7) is 13.0. The molecule has 7 heteroatoms. The molecule has 1 N–H and O–H groups in total. The number of ether oxygens (including phenoxy) is 1. The number of benzene rings is 1. The molecule has 0 aliphatic rings. The SMILES string of the molecule is Cc1ccc(S(=O)(=O)OCC(CC(C)(C)C)NC(=O)OC(C)(C)C)cc1. The van der Waals surface area contributed by atoms with Crippen LogP contribution in [0.2, 0.25) is 0 Å². The number of hydrogen-bond donors (Lipinski definition) is 1. The number of alkyl carbamates (subject to hydrolysis) is 1. The molecule has 0 aliphatic heterocycles. The summed E-state index contributed by atoms with van der Waals surface area (Å²) < 4.78 is 35.2. The van der Waals surface area contributed by atoms with E-state index in [-0.39, 0.29) is 16.9 Å². The van der Waals surface area contributed by atoms with Crippen LogP contribution in [0.4, 0.5) is 4.79 Å². The lowest BCUT2D eigenvalue weighted by atomic mass is 9.88. The van der Waals surface area contributed by atoms with Crippen LogP contribution in [-0.2, 0) is 19.0 Å². The van der Waals surface area contributed by atoms with E-state index in [9.17, 15) is 13.2 Å². The molecule has 0 saturated carbocycles. The maximum Gasteiger partial charge on any atom is 0.407 e. The van der Waals surface area contributed by atoms with E-state index in [2.05, 4.69) is 5.32 Å². The van der Waals surface area contributed by atoms with Crippen LogP contribution < -0.4 is 5.32 Å². The van der Waals surface area contributed by atoms with Crippen molar-refractivity contribution in [3.63, 3.8) is 0 Å². The molecule has 0 saturated heterocycles. The second-order valence-corrected chi connectivity index (χ2v) is 10.3. The average molecular weight is 386 g/mol. The Hall–Kier alpha value is -1.60. The van der Waals surface area contributed by atoms with Crippen molar-refractivity contribution in [2.24, 2.45) is 5.41 Å². The summed E-state index contributed by atoms with van der Waals surface area (Å²) in [5.74, 6) is 0. The van der Waals surface area contributed by atoms with Crippen molar-refractivity contribution < 1.29 is 22.1 Å². The van der Waals surface area contributed by atoms with Gasteiger partial charge >= 0.3 is 6.09 Å². The van der Waals surface area contributed by atoms with E-state index < -0.39 is 27.9 Å². The summed E-state index contributed by atoms with van der Waals surface area (Å²) in [4.78, 5) is 12.1. The van der Waals surface area contributed by atoms with Crippen molar-refractivity contribution in [3.8, 4) is 0 Å². The first-order valence-electron chi connectivity index (χ1n) is 8.64. The predicted molar refractivity (Wildman–Crippen MR) is 102 cm³/mol. The maximum absolute atomic E-state index is 12.4. The fourth-order valence-electron chi connectivity index (χ4n) is 2.31. The summed E-state index contributed by atoms with van der Waals surface area (Å²) in [6, 6.07) is 5.93. The summed E-state index contributed by atoms with van der Waals surface area (Å²) >= 11 is 0. The topological polar surface area (TPSA) is 81.7 Å². The lowest BCUT2D eigenvalue weighted by molar-refractivity contribution is 0.0472. The van der Waals surface area contributed by atoms with Crippen LogP contribution in [0.5, 0.6) is 0 Å². The number of nitrogens with one attached hydrogen (secondary N) is 1. The second kappa shape index (κ2) is 8.39. The molecule has 1 rings (SSSR count). The average Bonchev–Trinajstić information content (AvgIpc) is 2.41. The first-order chi connectivity index (χ1) is 11.7.